The van der Waals surface area contributed by atoms with Crippen molar-refractivity contribution in [2.75, 3.05) is 0 Å². The molecule has 3 saturated carbocycles. The first-order chi connectivity index (χ1) is 22.9. The summed E-state index contributed by atoms with van der Waals surface area (Å²) >= 11 is 0. The lowest BCUT2D eigenvalue weighted by molar-refractivity contribution is -0.182. The summed E-state index contributed by atoms with van der Waals surface area (Å²) in [5, 5.41) is 26.3. The SMILES string of the molecule is CC(C)[C@@H]1C(=O)C(C(N)=O)C(=O)[C@@]2(O)C(=O)C3C(=O)c4c(O)c(CNC(=O)c5cccnc5)cc(CCC5CCCCC5)c4C[C@H]3C[C@@H]12. The van der Waals surface area contributed by atoms with E-state index in [0.29, 0.717) is 29.0 Å². The van der Waals surface area contributed by atoms with Crippen LogP contribution in [0.1, 0.15) is 96.2 Å². The molecule has 5 N–H and O–H groups in total. The van der Waals surface area contributed by atoms with Crippen LogP contribution in [0.3, 0.4) is 0 Å². The van der Waals surface area contributed by atoms with Crippen LogP contribution >= 0.6 is 0 Å². The van der Waals surface area contributed by atoms with E-state index in [9.17, 15) is 39.0 Å². The first-order valence-corrected chi connectivity index (χ1v) is 17.1. The third-order valence-corrected chi connectivity index (χ3v) is 11.4. The zero-order chi connectivity index (χ0) is 34.5. The van der Waals surface area contributed by atoms with Gasteiger partial charge >= 0.3 is 0 Å². The molecule has 0 bridgehead atoms. The number of nitrogens with two attached hydrogens (primary N) is 1. The summed E-state index contributed by atoms with van der Waals surface area (Å²) < 4.78 is 0. The van der Waals surface area contributed by atoms with Crippen molar-refractivity contribution < 1.29 is 39.0 Å². The summed E-state index contributed by atoms with van der Waals surface area (Å²) in [6.07, 6.45) is 10.5. The zero-order valence-corrected chi connectivity index (χ0v) is 27.4. The van der Waals surface area contributed by atoms with Gasteiger partial charge in [-0.15, -0.1) is 0 Å². The second-order valence-electron chi connectivity index (χ2n) is 14.5. The summed E-state index contributed by atoms with van der Waals surface area (Å²) in [6.45, 7) is 3.36. The van der Waals surface area contributed by atoms with E-state index < -0.39 is 76.1 Å². The van der Waals surface area contributed by atoms with Crippen molar-refractivity contribution in [2.24, 2.45) is 47.2 Å². The number of primary amides is 1. The largest absolute Gasteiger partial charge is 0.507 e. The van der Waals surface area contributed by atoms with Gasteiger partial charge in [0.1, 0.15) is 5.75 Å². The maximum absolute atomic E-state index is 14.4. The molecule has 2 aromatic rings. The van der Waals surface area contributed by atoms with Gasteiger partial charge < -0.3 is 21.3 Å². The number of hydrogen-bond donors (Lipinski definition) is 4. The zero-order valence-electron chi connectivity index (χ0n) is 27.4. The average molecular weight is 658 g/mol. The van der Waals surface area contributed by atoms with Crippen LogP contribution in [0.2, 0.25) is 0 Å². The highest BCUT2D eigenvalue weighted by Gasteiger charge is 2.69. The monoisotopic (exact) mass is 657 g/mol. The van der Waals surface area contributed by atoms with Crippen LogP contribution in [0.5, 0.6) is 5.75 Å². The molecule has 1 aromatic carbocycles. The molecule has 254 valence electrons. The van der Waals surface area contributed by atoms with Gasteiger partial charge in [0.05, 0.1) is 17.0 Å². The summed E-state index contributed by atoms with van der Waals surface area (Å²) in [6, 6.07) is 5.07. The van der Waals surface area contributed by atoms with E-state index in [-0.39, 0.29) is 30.7 Å². The van der Waals surface area contributed by atoms with E-state index in [2.05, 4.69) is 10.3 Å². The first-order valence-electron chi connectivity index (χ1n) is 17.1. The van der Waals surface area contributed by atoms with Crippen molar-refractivity contribution in [1.29, 1.82) is 0 Å². The Bertz CT molecular complexity index is 1680. The number of aromatic hydroxyl groups is 1. The average Bonchev–Trinajstić information content (AvgIpc) is 3.06. The summed E-state index contributed by atoms with van der Waals surface area (Å²) in [7, 11) is 0. The van der Waals surface area contributed by atoms with Gasteiger partial charge in [0.25, 0.3) is 5.91 Å². The second kappa shape index (κ2) is 13.0. The number of benzene rings is 1. The highest BCUT2D eigenvalue weighted by atomic mass is 16.3. The summed E-state index contributed by atoms with van der Waals surface area (Å²) in [5.74, 6) is -11.8. The van der Waals surface area contributed by atoms with Gasteiger partial charge in [0.15, 0.2) is 34.7 Å². The Kier molecular flexibility index (Phi) is 9.10. The third kappa shape index (κ3) is 5.55. The highest BCUT2D eigenvalue weighted by molar-refractivity contribution is 6.32. The van der Waals surface area contributed by atoms with Crippen LogP contribution in [0.4, 0.5) is 0 Å². The highest BCUT2D eigenvalue weighted by Crippen LogP contribution is 2.53. The Balaban J connectivity index is 1.39. The van der Waals surface area contributed by atoms with Crippen LogP contribution < -0.4 is 11.1 Å². The van der Waals surface area contributed by atoms with Gasteiger partial charge in [-0.05, 0) is 66.7 Å². The second-order valence-corrected chi connectivity index (χ2v) is 14.5. The Morgan fingerprint density at radius 1 is 1.08 bits per heavy atom. The minimum absolute atomic E-state index is 0.0373. The lowest BCUT2D eigenvalue weighted by atomic mass is 9.49. The molecule has 1 heterocycles. The number of nitrogens with zero attached hydrogens (tertiary/aromatic N) is 1. The number of nitrogens with one attached hydrogen (secondary N) is 1. The Morgan fingerprint density at radius 2 is 1.81 bits per heavy atom. The van der Waals surface area contributed by atoms with Crippen LogP contribution in [0, 0.1) is 41.4 Å². The third-order valence-electron chi connectivity index (χ3n) is 11.4. The number of pyridine rings is 1. The molecule has 4 aliphatic carbocycles. The molecule has 6 rings (SSSR count). The van der Waals surface area contributed by atoms with E-state index in [1.807, 2.05) is 6.07 Å². The molecule has 0 radical (unpaired) electrons. The fourth-order valence-electron chi connectivity index (χ4n) is 9.03. The number of carbonyl (C=O) groups excluding carboxylic acids is 6. The van der Waals surface area contributed by atoms with Crippen molar-refractivity contribution in [2.45, 2.75) is 83.8 Å². The number of carbonyl (C=O) groups is 6. The van der Waals surface area contributed by atoms with Gasteiger partial charge in [-0.2, -0.15) is 0 Å². The Labute approximate surface area is 279 Å². The number of ketones is 4. The van der Waals surface area contributed by atoms with Crippen LogP contribution in [0.15, 0.2) is 30.6 Å². The van der Waals surface area contributed by atoms with Crippen molar-refractivity contribution in [3.63, 3.8) is 0 Å². The molecule has 0 spiro atoms. The van der Waals surface area contributed by atoms with Gasteiger partial charge in [0, 0.05) is 36.3 Å². The lowest BCUT2D eigenvalue weighted by Crippen LogP contribution is -2.71. The number of aromatic nitrogens is 1. The molecule has 11 heteroatoms. The van der Waals surface area contributed by atoms with E-state index in [1.54, 1.807) is 32.2 Å². The number of fused-ring (bicyclic) bond motifs is 3. The van der Waals surface area contributed by atoms with E-state index >= 15 is 0 Å². The van der Waals surface area contributed by atoms with E-state index in [1.165, 1.54) is 25.5 Å². The van der Waals surface area contributed by atoms with Gasteiger partial charge in [-0.25, -0.2) is 0 Å². The number of aliphatic hydroxyl groups is 1. The minimum Gasteiger partial charge on any atom is -0.507 e. The smallest absolute Gasteiger partial charge is 0.253 e. The van der Waals surface area contributed by atoms with Crippen molar-refractivity contribution in [3.8, 4) is 5.75 Å². The van der Waals surface area contributed by atoms with Crippen molar-refractivity contribution in [1.82, 2.24) is 10.3 Å². The number of hydrogen-bond acceptors (Lipinski definition) is 9. The molecule has 11 nitrogen and oxygen atoms in total. The maximum atomic E-state index is 14.4. The van der Waals surface area contributed by atoms with Crippen molar-refractivity contribution in [3.05, 3.63) is 58.4 Å². The number of phenolic OH excluding ortho intramolecular Hbond substituents is 1. The standard InChI is InChI=1S/C37H43N3O8/c1-18(2)26-25-15-22-14-24-20(11-10-19-7-4-3-5-8-19)13-23(17-40-36(47)21-9-6-12-39-16-21)30(41)28(24)32(43)27(22)33(44)37(25,48)34(45)29(31(26)42)35(38)46/h6,9,12-13,16,18-19,22,25-27,29,41,48H,3-5,7-8,10-11,14-15,17H2,1-2H3,(H2,38,46)(H,40,47)/t22-,25-,26-,27?,29?,37-/m0/s1. The summed E-state index contributed by atoms with van der Waals surface area (Å²) in [4.78, 5) is 84.9. The van der Waals surface area contributed by atoms with Crippen LogP contribution in [-0.2, 0) is 38.6 Å². The molecule has 6 atom stereocenters. The van der Waals surface area contributed by atoms with E-state index in [4.69, 9.17) is 5.73 Å². The number of phenols is 1. The number of Topliss-reactive ketones (excluding diaryl/α,β-unsaturated/α-hetero) is 4. The molecule has 0 aliphatic heterocycles. The molecular formula is C37H43N3O8. The van der Waals surface area contributed by atoms with Gasteiger partial charge in [-0.1, -0.05) is 52.0 Å². The topological polar surface area (TPSA) is 194 Å². The first kappa shape index (κ1) is 33.6. The molecule has 3 fully saturated rings. The normalized spacial score (nSPS) is 28.9. The Hall–Kier alpha value is -4.25. The number of amides is 2. The van der Waals surface area contributed by atoms with Gasteiger partial charge in [0.2, 0.25) is 5.91 Å². The predicted octanol–water partition coefficient (Wildman–Crippen LogP) is 3.05. The van der Waals surface area contributed by atoms with Crippen molar-refractivity contribution >= 4 is 34.9 Å². The summed E-state index contributed by atoms with van der Waals surface area (Å²) in [5.41, 5.74) is 4.77. The maximum Gasteiger partial charge on any atom is 0.253 e. The number of rotatable bonds is 8. The Morgan fingerprint density at radius 3 is 2.46 bits per heavy atom. The number of aryl methyl sites for hydroxylation is 1. The fourth-order valence-corrected chi connectivity index (χ4v) is 9.03. The molecule has 0 saturated heterocycles. The minimum atomic E-state index is -2.74. The van der Waals surface area contributed by atoms with Crippen LogP contribution in [0.25, 0.3) is 0 Å². The molecule has 2 unspecified atom stereocenters. The predicted molar refractivity (Wildman–Crippen MR) is 173 cm³/mol. The van der Waals surface area contributed by atoms with Crippen LogP contribution in [-0.4, -0.2) is 55.7 Å². The van der Waals surface area contributed by atoms with E-state index in [0.717, 1.165) is 24.8 Å². The molecule has 2 amide bonds. The molecule has 48 heavy (non-hydrogen) atoms. The quantitative estimate of drug-likeness (QED) is 0.309. The lowest BCUT2D eigenvalue weighted by Gasteiger charge is -2.52. The fraction of sp³-hybridized carbons (Fsp3) is 0.541. The van der Waals surface area contributed by atoms with Gasteiger partial charge in [-0.3, -0.25) is 33.8 Å². The molecular weight excluding hydrogens is 614 g/mol. The molecule has 1 aromatic heterocycles. The molecule has 4 aliphatic rings.